The third-order valence-corrected chi connectivity index (χ3v) is 4.84. The molecule has 5 nitrogen and oxygen atoms in total. The maximum absolute atomic E-state index is 13.3. The van der Waals surface area contributed by atoms with Crippen molar-refractivity contribution in [3.8, 4) is 0 Å². The van der Waals surface area contributed by atoms with Gasteiger partial charge < -0.3 is 14.4 Å². The zero-order valence-electron chi connectivity index (χ0n) is 14.6. The Morgan fingerprint density at radius 1 is 0.846 bits per heavy atom. The number of anilines is 1. The average Bonchev–Trinajstić information content (AvgIpc) is 3.24. The van der Waals surface area contributed by atoms with Crippen molar-refractivity contribution in [2.75, 3.05) is 31.1 Å². The summed E-state index contributed by atoms with van der Waals surface area (Å²) in [6.07, 6.45) is 5.73. The maximum atomic E-state index is 13.3. The first-order valence-electron chi connectivity index (χ1n) is 8.95. The molecule has 26 heavy (non-hydrogen) atoms. The van der Waals surface area contributed by atoms with Crippen LogP contribution < -0.4 is 4.90 Å². The smallest absolute Gasteiger partial charge is 0.250 e. The van der Waals surface area contributed by atoms with Crippen molar-refractivity contribution in [3.05, 3.63) is 84.8 Å². The van der Waals surface area contributed by atoms with Crippen molar-refractivity contribution in [1.29, 1.82) is 0 Å². The summed E-state index contributed by atoms with van der Waals surface area (Å²) in [4.78, 5) is 21.9. The van der Waals surface area contributed by atoms with Gasteiger partial charge in [-0.2, -0.15) is 0 Å². The molecule has 1 saturated heterocycles. The topological polar surface area (TPSA) is 41.4 Å². The van der Waals surface area contributed by atoms with Crippen LogP contribution in [-0.2, 0) is 4.79 Å². The Bertz CT molecular complexity index is 825. The minimum Gasteiger partial charge on any atom is -0.353 e. The number of rotatable bonds is 4. The molecule has 0 unspecified atom stereocenters. The second kappa shape index (κ2) is 7.44. The molecule has 1 aliphatic rings. The molecule has 0 bridgehead atoms. The summed E-state index contributed by atoms with van der Waals surface area (Å²) >= 11 is 0. The van der Waals surface area contributed by atoms with Gasteiger partial charge in [0.25, 0.3) is 0 Å². The molecule has 1 atom stereocenters. The van der Waals surface area contributed by atoms with Crippen molar-refractivity contribution in [2.45, 2.75) is 6.04 Å². The lowest BCUT2D eigenvalue weighted by Crippen LogP contribution is -2.51. The Labute approximate surface area is 153 Å². The summed E-state index contributed by atoms with van der Waals surface area (Å²) in [5, 5.41) is 0. The number of pyridine rings is 1. The molecule has 0 radical (unpaired) electrons. The number of hydrogen-bond acceptors (Lipinski definition) is 3. The number of benzene rings is 1. The fourth-order valence-electron chi connectivity index (χ4n) is 3.47. The standard InChI is InChI=1S/C21H22N4O/c26-21(20(24-12-6-7-13-24)18-8-2-1-3-9-18)25-16-14-23(15-17-25)19-10-4-5-11-22-19/h1-13,20H,14-17H2/t20-/m1/s1. The van der Waals surface area contributed by atoms with Crippen LogP contribution in [0.5, 0.6) is 0 Å². The van der Waals surface area contributed by atoms with E-state index in [1.165, 1.54) is 0 Å². The largest absolute Gasteiger partial charge is 0.353 e. The van der Waals surface area contributed by atoms with Gasteiger partial charge in [0.05, 0.1) is 0 Å². The molecule has 132 valence electrons. The summed E-state index contributed by atoms with van der Waals surface area (Å²) in [5.74, 6) is 1.12. The molecule has 0 aliphatic carbocycles. The highest BCUT2D eigenvalue weighted by atomic mass is 16.2. The molecule has 3 heterocycles. The number of carbonyl (C=O) groups is 1. The lowest BCUT2D eigenvalue weighted by molar-refractivity contribution is -0.133. The molecule has 3 aromatic rings. The van der Waals surface area contributed by atoms with Gasteiger partial charge in [0.15, 0.2) is 0 Å². The van der Waals surface area contributed by atoms with Crippen LogP contribution in [0.15, 0.2) is 79.3 Å². The molecule has 4 rings (SSSR count). The van der Waals surface area contributed by atoms with Crippen LogP contribution in [0.2, 0.25) is 0 Å². The van der Waals surface area contributed by atoms with Gasteiger partial charge in [0, 0.05) is 44.8 Å². The van der Waals surface area contributed by atoms with Crippen LogP contribution in [0.3, 0.4) is 0 Å². The summed E-state index contributed by atoms with van der Waals surface area (Å²) in [6.45, 7) is 3.02. The average molecular weight is 346 g/mol. The van der Waals surface area contributed by atoms with E-state index in [1.807, 2.05) is 88.7 Å². The minimum absolute atomic E-state index is 0.146. The number of aromatic nitrogens is 2. The van der Waals surface area contributed by atoms with Crippen LogP contribution in [0, 0.1) is 0 Å². The number of amides is 1. The molecule has 2 aromatic heterocycles. The normalized spacial score (nSPS) is 15.7. The van der Waals surface area contributed by atoms with Gasteiger partial charge in [-0.15, -0.1) is 0 Å². The summed E-state index contributed by atoms with van der Waals surface area (Å²) in [5.41, 5.74) is 1.01. The maximum Gasteiger partial charge on any atom is 0.250 e. The first-order chi connectivity index (χ1) is 12.8. The van der Waals surface area contributed by atoms with E-state index in [0.29, 0.717) is 13.1 Å². The third-order valence-electron chi connectivity index (χ3n) is 4.84. The van der Waals surface area contributed by atoms with E-state index in [4.69, 9.17) is 0 Å². The number of carbonyl (C=O) groups excluding carboxylic acids is 1. The highest BCUT2D eigenvalue weighted by Gasteiger charge is 2.29. The SMILES string of the molecule is O=C([C@@H](c1ccccc1)n1cccc1)N1CCN(c2ccccn2)CC1. The van der Waals surface area contributed by atoms with Gasteiger partial charge in [-0.3, -0.25) is 4.79 Å². The molecule has 0 spiro atoms. The van der Waals surface area contributed by atoms with Crippen LogP contribution >= 0.6 is 0 Å². The summed E-state index contributed by atoms with van der Waals surface area (Å²) in [7, 11) is 0. The monoisotopic (exact) mass is 346 g/mol. The van der Waals surface area contributed by atoms with E-state index < -0.39 is 0 Å². The van der Waals surface area contributed by atoms with Gasteiger partial charge in [-0.25, -0.2) is 4.98 Å². The highest BCUT2D eigenvalue weighted by molar-refractivity contribution is 5.84. The van der Waals surface area contributed by atoms with Crippen molar-refractivity contribution in [1.82, 2.24) is 14.5 Å². The predicted octanol–water partition coefficient (Wildman–Crippen LogP) is 2.82. The molecule has 1 fully saturated rings. The van der Waals surface area contributed by atoms with Crippen molar-refractivity contribution < 1.29 is 4.79 Å². The Hall–Kier alpha value is -3.08. The van der Waals surface area contributed by atoms with Crippen LogP contribution in [0.25, 0.3) is 0 Å². The van der Waals surface area contributed by atoms with Crippen molar-refractivity contribution in [2.24, 2.45) is 0 Å². The number of piperazine rings is 1. The Kier molecular flexibility index (Phi) is 4.69. The second-order valence-electron chi connectivity index (χ2n) is 6.44. The molecule has 0 saturated carbocycles. The molecule has 5 heteroatoms. The molecule has 1 aliphatic heterocycles. The first kappa shape index (κ1) is 16.4. The molecule has 0 N–H and O–H groups in total. The number of hydrogen-bond donors (Lipinski definition) is 0. The zero-order valence-corrected chi connectivity index (χ0v) is 14.6. The van der Waals surface area contributed by atoms with Gasteiger partial charge in [-0.05, 0) is 29.8 Å². The van der Waals surface area contributed by atoms with Gasteiger partial charge in [-0.1, -0.05) is 36.4 Å². The van der Waals surface area contributed by atoms with Crippen LogP contribution in [-0.4, -0.2) is 46.5 Å². The van der Waals surface area contributed by atoms with E-state index in [1.54, 1.807) is 0 Å². The van der Waals surface area contributed by atoms with Crippen molar-refractivity contribution in [3.63, 3.8) is 0 Å². The third kappa shape index (κ3) is 3.33. The van der Waals surface area contributed by atoms with E-state index >= 15 is 0 Å². The molecule has 1 aromatic carbocycles. The quantitative estimate of drug-likeness (QED) is 0.729. The van der Waals surface area contributed by atoms with E-state index in [9.17, 15) is 4.79 Å². The van der Waals surface area contributed by atoms with E-state index in [2.05, 4.69) is 9.88 Å². The first-order valence-corrected chi connectivity index (χ1v) is 8.95. The van der Waals surface area contributed by atoms with Crippen molar-refractivity contribution >= 4 is 11.7 Å². The zero-order chi connectivity index (χ0) is 17.8. The summed E-state index contributed by atoms with van der Waals surface area (Å²) in [6, 6.07) is 19.5. The summed E-state index contributed by atoms with van der Waals surface area (Å²) < 4.78 is 1.99. The molecule has 1 amide bonds. The lowest BCUT2D eigenvalue weighted by atomic mass is 10.0. The van der Waals surface area contributed by atoms with E-state index in [-0.39, 0.29) is 11.9 Å². The fourth-order valence-corrected chi connectivity index (χ4v) is 3.47. The Balaban J connectivity index is 1.51. The molecular formula is C21H22N4O. The predicted molar refractivity (Wildman–Crippen MR) is 102 cm³/mol. The van der Waals surface area contributed by atoms with Gasteiger partial charge >= 0.3 is 0 Å². The number of nitrogens with zero attached hydrogens (tertiary/aromatic N) is 4. The van der Waals surface area contributed by atoms with E-state index in [0.717, 1.165) is 24.5 Å². The Morgan fingerprint density at radius 3 is 2.19 bits per heavy atom. The second-order valence-corrected chi connectivity index (χ2v) is 6.44. The minimum atomic E-state index is -0.312. The van der Waals surface area contributed by atoms with Crippen LogP contribution in [0.4, 0.5) is 5.82 Å². The Morgan fingerprint density at radius 2 is 1.54 bits per heavy atom. The van der Waals surface area contributed by atoms with Gasteiger partial charge in [0.2, 0.25) is 5.91 Å². The molecular weight excluding hydrogens is 324 g/mol. The highest BCUT2D eigenvalue weighted by Crippen LogP contribution is 2.23. The van der Waals surface area contributed by atoms with Crippen LogP contribution in [0.1, 0.15) is 11.6 Å². The fraction of sp³-hybridized carbons (Fsp3) is 0.238. The lowest BCUT2D eigenvalue weighted by Gasteiger charge is -2.37. The van der Waals surface area contributed by atoms with Gasteiger partial charge in [0.1, 0.15) is 11.9 Å².